The topological polar surface area (TPSA) is 75.7 Å². The fourth-order valence-electron chi connectivity index (χ4n) is 2.95. The molecule has 33 heavy (non-hydrogen) atoms. The van der Waals surface area contributed by atoms with Crippen molar-refractivity contribution in [1.82, 2.24) is 5.32 Å². The van der Waals surface area contributed by atoms with Gasteiger partial charge in [-0.15, -0.1) is 0 Å². The minimum Gasteiger partial charge on any atom is -0.492 e. The van der Waals surface area contributed by atoms with Crippen molar-refractivity contribution in [3.8, 4) is 5.75 Å². The van der Waals surface area contributed by atoms with Gasteiger partial charge in [-0.1, -0.05) is 46.9 Å². The number of nitrogens with one attached hydrogen (secondary N) is 1. The van der Waals surface area contributed by atoms with Crippen LogP contribution in [0.3, 0.4) is 0 Å². The van der Waals surface area contributed by atoms with Gasteiger partial charge in [0.1, 0.15) is 12.4 Å². The van der Waals surface area contributed by atoms with Crippen LogP contribution >= 0.6 is 34.8 Å². The predicted molar refractivity (Wildman–Crippen MR) is 133 cm³/mol. The first-order valence-corrected chi connectivity index (χ1v) is 12.8. The lowest BCUT2D eigenvalue weighted by atomic mass is 10.1. The molecule has 1 amide bonds. The molecule has 0 saturated heterocycles. The molecule has 1 N–H and O–H groups in total. The third kappa shape index (κ3) is 7.27. The van der Waals surface area contributed by atoms with Gasteiger partial charge < -0.3 is 10.1 Å². The maximum atomic E-state index is 12.4. The second-order valence-electron chi connectivity index (χ2n) is 7.12. The number of nitrogens with zero attached hydrogens (tertiary/aromatic N) is 1. The van der Waals surface area contributed by atoms with E-state index in [2.05, 4.69) is 5.32 Å². The fraction of sp³-hybridized carbons (Fsp3) is 0.174. The third-order valence-corrected chi connectivity index (χ3v) is 6.52. The summed E-state index contributed by atoms with van der Waals surface area (Å²) < 4.78 is 31.5. The Balaban J connectivity index is 1.60. The van der Waals surface area contributed by atoms with Crippen LogP contribution in [0.2, 0.25) is 15.1 Å². The average molecular weight is 528 g/mol. The van der Waals surface area contributed by atoms with E-state index in [1.165, 1.54) is 10.4 Å². The number of amides is 1. The van der Waals surface area contributed by atoms with E-state index in [0.29, 0.717) is 40.1 Å². The number of carbonyl (C=O) groups is 1. The number of benzene rings is 3. The van der Waals surface area contributed by atoms with Gasteiger partial charge in [-0.25, -0.2) is 8.42 Å². The molecule has 0 bridgehead atoms. The maximum Gasteiger partial charge on any atom is 0.251 e. The lowest BCUT2D eigenvalue weighted by Crippen LogP contribution is -2.30. The molecule has 0 atom stereocenters. The average Bonchev–Trinajstić information content (AvgIpc) is 2.77. The Morgan fingerprint density at radius 3 is 2.21 bits per heavy atom. The summed E-state index contributed by atoms with van der Waals surface area (Å²) >= 11 is 18.1. The van der Waals surface area contributed by atoms with Crippen molar-refractivity contribution in [2.24, 2.45) is 0 Å². The second-order valence-corrected chi connectivity index (χ2v) is 10.3. The SMILES string of the molecule is CS(=O)(=O)N(Cc1ccc(C(=O)NCCOc2ccc(Cl)cc2)cc1)c1cc(Cl)ccc1Cl. The van der Waals surface area contributed by atoms with Crippen LogP contribution in [0.5, 0.6) is 5.75 Å². The molecule has 0 radical (unpaired) electrons. The second kappa shape index (κ2) is 11.1. The van der Waals surface area contributed by atoms with Crippen molar-refractivity contribution in [2.75, 3.05) is 23.7 Å². The smallest absolute Gasteiger partial charge is 0.251 e. The molecule has 3 rings (SSSR count). The molecule has 0 aliphatic heterocycles. The van der Waals surface area contributed by atoms with Crippen molar-refractivity contribution >= 4 is 56.4 Å². The van der Waals surface area contributed by atoms with Crippen LogP contribution < -0.4 is 14.4 Å². The Labute approximate surface area is 208 Å². The van der Waals surface area contributed by atoms with Crippen LogP contribution in [0, 0.1) is 0 Å². The van der Waals surface area contributed by atoms with Gasteiger partial charge in [-0.2, -0.15) is 0 Å². The van der Waals surface area contributed by atoms with Gasteiger partial charge in [0.25, 0.3) is 5.91 Å². The minimum absolute atomic E-state index is 0.0374. The van der Waals surface area contributed by atoms with Gasteiger partial charge in [-0.3, -0.25) is 9.10 Å². The van der Waals surface area contributed by atoms with Gasteiger partial charge in [0.2, 0.25) is 10.0 Å². The Morgan fingerprint density at radius 1 is 0.939 bits per heavy atom. The largest absolute Gasteiger partial charge is 0.492 e. The molecule has 0 fully saturated rings. The molecule has 0 spiro atoms. The summed E-state index contributed by atoms with van der Waals surface area (Å²) in [5.41, 5.74) is 1.41. The zero-order valence-electron chi connectivity index (χ0n) is 17.6. The Morgan fingerprint density at radius 2 is 1.58 bits per heavy atom. The molecule has 0 aromatic heterocycles. The molecule has 6 nitrogen and oxygen atoms in total. The van der Waals surface area contributed by atoms with Crippen LogP contribution in [0.25, 0.3) is 0 Å². The van der Waals surface area contributed by atoms with Gasteiger partial charge in [0.05, 0.1) is 30.1 Å². The number of carbonyl (C=O) groups excluding carboxylic acids is 1. The van der Waals surface area contributed by atoms with Crippen molar-refractivity contribution in [1.29, 1.82) is 0 Å². The fourth-order valence-corrected chi connectivity index (χ4v) is 4.41. The van der Waals surface area contributed by atoms with Crippen LogP contribution in [-0.2, 0) is 16.6 Å². The van der Waals surface area contributed by atoms with E-state index in [-0.39, 0.29) is 23.2 Å². The molecule has 3 aromatic carbocycles. The highest BCUT2D eigenvalue weighted by molar-refractivity contribution is 7.92. The number of sulfonamides is 1. The van der Waals surface area contributed by atoms with Crippen LogP contribution in [-0.4, -0.2) is 33.7 Å². The van der Waals surface area contributed by atoms with Crippen LogP contribution in [0.4, 0.5) is 5.69 Å². The molecule has 10 heteroatoms. The molecule has 0 aliphatic rings. The molecule has 0 saturated carbocycles. The summed E-state index contributed by atoms with van der Waals surface area (Å²) in [6.45, 7) is 0.656. The molecule has 174 valence electrons. The monoisotopic (exact) mass is 526 g/mol. The molecule has 3 aromatic rings. The number of anilines is 1. The number of hydrogen-bond acceptors (Lipinski definition) is 4. The number of hydrogen-bond donors (Lipinski definition) is 1. The summed E-state index contributed by atoms with van der Waals surface area (Å²) in [6.07, 6.45) is 1.10. The summed E-state index contributed by atoms with van der Waals surface area (Å²) in [4.78, 5) is 12.4. The third-order valence-electron chi connectivity index (χ3n) is 4.59. The number of rotatable bonds is 9. The highest BCUT2D eigenvalue weighted by Gasteiger charge is 2.21. The zero-order chi connectivity index (χ0) is 24.0. The molecular weight excluding hydrogens is 507 g/mol. The molecular formula is C23H21Cl3N2O4S. The van der Waals surface area contributed by atoms with E-state index in [1.807, 2.05) is 0 Å². The summed E-state index contributed by atoms with van der Waals surface area (Å²) in [5.74, 6) is 0.396. The van der Waals surface area contributed by atoms with Gasteiger partial charge in [0, 0.05) is 15.6 Å². The first-order chi connectivity index (χ1) is 15.6. The minimum atomic E-state index is -3.63. The summed E-state index contributed by atoms with van der Waals surface area (Å²) in [6, 6.07) is 18.2. The number of ether oxygens (including phenoxy) is 1. The first-order valence-electron chi connectivity index (χ1n) is 9.82. The molecule has 0 unspecified atom stereocenters. The maximum absolute atomic E-state index is 12.4. The van der Waals surface area contributed by atoms with E-state index in [4.69, 9.17) is 39.5 Å². The van der Waals surface area contributed by atoms with Crippen molar-refractivity contribution in [2.45, 2.75) is 6.54 Å². The van der Waals surface area contributed by atoms with Crippen molar-refractivity contribution in [3.63, 3.8) is 0 Å². The Bertz CT molecular complexity index is 1220. The van der Waals surface area contributed by atoms with E-state index in [1.54, 1.807) is 60.7 Å². The highest BCUT2D eigenvalue weighted by atomic mass is 35.5. The number of halogens is 3. The lowest BCUT2D eigenvalue weighted by molar-refractivity contribution is 0.0947. The van der Waals surface area contributed by atoms with E-state index in [9.17, 15) is 13.2 Å². The lowest BCUT2D eigenvalue weighted by Gasteiger charge is -2.24. The standard InChI is InChI=1S/C23H21Cl3N2O4S/c1-33(30,31)28(22-14-19(25)8-11-21(22)26)15-16-2-4-17(5-3-16)23(29)27-12-13-32-20-9-6-18(24)7-10-20/h2-11,14H,12-13,15H2,1H3,(H,27,29). The summed E-state index contributed by atoms with van der Waals surface area (Å²) in [7, 11) is -3.63. The summed E-state index contributed by atoms with van der Waals surface area (Å²) in [5, 5.41) is 4.03. The van der Waals surface area contributed by atoms with Crippen molar-refractivity contribution < 1.29 is 17.9 Å². The van der Waals surface area contributed by atoms with Crippen LogP contribution in [0.1, 0.15) is 15.9 Å². The van der Waals surface area contributed by atoms with Crippen LogP contribution in [0.15, 0.2) is 66.7 Å². The van der Waals surface area contributed by atoms with Crippen molar-refractivity contribution in [3.05, 3.63) is 92.9 Å². The Hall–Kier alpha value is -2.45. The first kappa shape index (κ1) is 25.2. The van der Waals surface area contributed by atoms with E-state index >= 15 is 0 Å². The Kier molecular flexibility index (Phi) is 8.48. The normalized spacial score (nSPS) is 11.2. The predicted octanol–water partition coefficient (Wildman–Crippen LogP) is 5.42. The molecule has 0 aliphatic carbocycles. The van der Waals surface area contributed by atoms with Gasteiger partial charge in [-0.05, 0) is 60.2 Å². The van der Waals surface area contributed by atoms with E-state index < -0.39 is 10.0 Å². The van der Waals surface area contributed by atoms with Gasteiger partial charge in [0.15, 0.2) is 0 Å². The van der Waals surface area contributed by atoms with E-state index in [0.717, 1.165) is 6.26 Å². The quantitative estimate of drug-likeness (QED) is 0.377. The molecule has 0 heterocycles. The zero-order valence-corrected chi connectivity index (χ0v) is 20.7. The van der Waals surface area contributed by atoms with Gasteiger partial charge >= 0.3 is 0 Å². The highest BCUT2D eigenvalue weighted by Crippen LogP contribution is 2.31.